The molecule has 10 rings (SSSR count). The van der Waals surface area contributed by atoms with E-state index in [2.05, 4.69) is 219 Å². The van der Waals surface area contributed by atoms with Crippen molar-refractivity contribution in [3.05, 3.63) is 234 Å². The number of benzene rings is 8. The number of fused-ring (bicyclic) bond motifs is 5. The zero-order valence-electron chi connectivity index (χ0n) is 30.4. The van der Waals surface area contributed by atoms with Gasteiger partial charge in [-0.1, -0.05) is 177 Å². The van der Waals surface area contributed by atoms with E-state index in [1.54, 1.807) is 0 Å². The molecule has 1 aliphatic carbocycles. The van der Waals surface area contributed by atoms with Crippen LogP contribution < -0.4 is 4.90 Å². The van der Waals surface area contributed by atoms with Gasteiger partial charge in [0, 0.05) is 26.6 Å². The number of para-hydroxylation sites is 2. The lowest BCUT2D eigenvalue weighted by Crippen LogP contribution is -2.30. The minimum atomic E-state index is -0.523. The summed E-state index contributed by atoms with van der Waals surface area (Å²) in [6, 6.07) is 73.9. The van der Waals surface area contributed by atoms with Gasteiger partial charge in [0.25, 0.3) is 0 Å². The van der Waals surface area contributed by atoms with Crippen molar-refractivity contribution in [3.63, 3.8) is 0 Å². The van der Waals surface area contributed by atoms with Gasteiger partial charge in [-0.15, -0.1) is 0 Å². The van der Waals surface area contributed by atoms with Crippen molar-refractivity contribution in [1.29, 1.82) is 0 Å². The van der Waals surface area contributed by atoms with Crippen LogP contribution in [-0.2, 0) is 10.8 Å². The highest BCUT2D eigenvalue weighted by atomic mass is 32.2. The molecule has 54 heavy (non-hydrogen) atoms. The van der Waals surface area contributed by atoms with Crippen LogP contribution in [0.1, 0.15) is 47.2 Å². The molecule has 0 saturated heterocycles. The zero-order chi connectivity index (χ0) is 36.3. The lowest BCUT2D eigenvalue weighted by molar-refractivity contribution is 0.607. The maximum Gasteiger partial charge on any atom is 0.0733 e. The molecule has 8 aromatic carbocycles. The molecule has 1 heterocycles. The van der Waals surface area contributed by atoms with Crippen LogP contribution in [0.25, 0.3) is 22.3 Å². The molecule has 0 aromatic heterocycles. The monoisotopic (exact) mass is 709 g/mol. The third-order valence-electron chi connectivity index (χ3n) is 11.6. The van der Waals surface area contributed by atoms with Crippen LogP contribution >= 0.6 is 11.8 Å². The quantitative estimate of drug-likeness (QED) is 0.169. The van der Waals surface area contributed by atoms with Crippen molar-refractivity contribution in [2.75, 3.05) is 4.90 Å². The summed E-state index contributed by atoms with van der Waals surface area (Å²) in [4.78, 5) is 5.14. The summed E-state index contributed by atoms with van der Waals surface area (Å²) in [5.41, 5.74) is 15.7. The van der Waals surface area contributed by atoms with Gasteiger partial charge in [0.2, 0.25) is 0 Å². The fraction of sp³-hybridized carbons (Fsp3) is 0.0769. The van der Waals surface area contributed by atoms with Gasteiger partial charge in [-0.3, -0.25) is 0 Å². The predicted molar refractivity (Wildman–Crippen MR) is 227 cm³/mol. The molecular formula is C52H39NS. The molecule has 0 bridgehead atoms. The van der Waals surface area contributed by atoms with Gasteiger partial charge in [-0.2, -0.15) is 0 Å². The summed E-state index contributed by atoms with van der Waals surface area (Å²) in [5, 5.41) is 0. The highest BCUT2D eigenvalue weighted by molar-refractivity contribution is 7.99. The second kappa shape index (κ2) is 12.8. The van der Waals surface area contributed by atoms with Gasteiger partial charge in [0.1, 0.15) is 0 Å². The van der Waals surface area contributed by atoms with Crippen LogP contribution in [-0.4, -0.2) is 0 Å². The Hall–Kier alpha value is -6.09. The first-order valence-corrected chi connectivity index (χ1v) is 19.6. The summed E-state index contributed by atoms with van der Waals surface area (Å²) >= 11 is 1.88. The first-order valence-electron chi connectivity index (χ1n) is 18.8. The average Bonchev–Trinajstić information content (AvgIpc) is 3.53. The molecule has 0 radical (unpaired) electrons. The van der Waals surface area contributed by atoms with Gasteiger partial charge in [0.15, 0.2) is 0 Å². The molecule has 0 unspecified atom stereocenters. The Morgan fingerprint density at radius 1 is 0.389 bits per heavy atom. The maximum absolute atomic E-state index is 2.44. The molecule has 0 amide bonds. The third-order valence-corrected chi connectivity index (χ3v) is 12.8. The topological polar surface area (TPSA) is 3.24 Å². The molecule has 8 aromatic rings. The van der Waals surface area contributed by atoms with E-state index in [0.29, 0.717) is 0 Å². The summed E-state index contributed by atoms with van der Waals surface area (Å²) < 4.78 is 0. The van der Waals surface area contributed by atoms with Crippen molar-refractivity contribution in [1.82, 2.24) is 0 Å². The van der Waals surface area contributed by atoms with Crippen molar-refractivity contribution in [2.45, 2.75) is 34.5 Å². The van der Waals surface area contributed by atoms with E-state index in [1.807, 2.05) is 11.8 Å². The Morgan fingerprint density at radius 2 is 0.889 bits per heavy atom. The number of hydrogen-bond acceptors (Lipinski definition) is 2. The number of nitrogens with zero attached hydrogens (tertiary/aromatic N) is 1. The molecule has 258 valence electrons. The minimum absolute atomic E-state index is 0.0763. The largest absolute Gasteiger partial charge is 0.310 e. The average molecular weight is 710 g/mol. The lowest BCUT2D eigenvalue weighted by Gasteiger charge is -2.38. The molecule has 0 spiro atoms. The fourth-order valence-electron chi connectivity index (χ4n) is 9.10. The van der Waals surface area contributed by atoms with Crippen molar-refractivity contribution < 1.29 is 0 Å². The number of hydrogen-bond donors (Lipinski definition) is 0. The van der Waals surface area contributed by atoms with Crippen molar-refractivity contribution in [3.8, 4) is 22.3 Å². The maximum atomic E-state index is 2.44. The van der Waals surface area contributed by atoms with Crippen LogP contribution in [0.15, 0.2) is 210 Å². The van der Waals surface area contributed by atoms with Gasteiger partial charge >= 0.3 is 0 Å². The normalized spacial score (nSPS) is 14.3. The van der Waals surface area contributed by atoms with E-state index in [1.165, 1.54) is 65.4 Å². The summed E-state index contributed by atoms with van der Waals surface area (Å²) in [6.45, 7) is 4.71. The second-order valence-electron chi connectivity index (χ2n) is 14.9. The lowest BCUT2D eigenvalue weighted by atomic mass is 9.67. The summed E-state index contributed by atoms with van der Waals surface area (Å²) in [5.74, 6) is 0. The van der Waals surface area contributed by atoms with E-state index < -0.39 is 5.41 Å². The molecule has 1 nitrogen and oxygen atoms in total. The van der Waals surface area contributed by atoms with E-state index >= 15 is 0 Å². The van der Waals surface area contributed by atoms with E-state index in [0.717, 1.165) is 17.1 Å². The SMILES string of the molecule is CC1(C)c2ccccc2Sc2ccc(-c3ccc(N(c4ccccc4)c4ccccc4C4(c5ccccc5)c5ccccc5-c5ccccc54)cc3)cc21. The van der Waals surface area contributed by atoms with Crippen molar-refractivity contribution >= 4 is 28.8 Å². The molecule has 0 N–H and O–H groups in total. The molecule has 0 fully saturated rings. The Kier molecular flexibility index (Phi) is 7.71. The third kappa shape index (κ3) is 4.94. The van der Waals surface area contributed by atoms with Crippen LogP contribution in [0, 0.1) is 0 Å². The van der Waals surface area contributed by atoms with Crippen LogP contribution in [0.3, 0.4) is 0 Å². The molecular weight excluding hydrogens is 671 g/mol. The Bertz CT molecular complexity index is 2610. The second-order valence-corrected chi connectivity index (χ2v) is 16.0. The predicted octanol–water partition coefficient (Wildman–Crippen LogP) is 14.0. The standard InChI is InChI=1S/C52H39NS/c1-51(2)46-26-14-16-28-49(46)54-50-34-31-37(35-47(50)51)36-29-32-40(33-30-36)53(39-19-7-4-8-20-39)48-27-15-13-25-45(48)52(38-17-5-3-6-18-38)43-23-11-9-21-41(43)42-22-10-12-24-44(42)52/h3-35H,1-2H3. The highest BCUT2D eigenvalue weighted by Crippen LogP contribution is 2.58. The first kappa shape index (κ1) is 32.6. The van der Waals surface area contributed by atoms with Gasteiger partial charge in [-0.05, 0) is 104 Å². The van der Waals surface area contributed by atoms with Gasteiger partial charge in [-0.25, -0.2) is 0 Å². The summed E-state index contributed by atoms with van der Waals surface area (Å²) in [7, 11) is 0. The van der Waals surface area contributed by atoms with Crippen LogP contribution in [0.2, 0.25) is 0 Å². The molecule has 1 aliphatic heterocycles. The molecule has 2 heteroatoms. The Balaban J connectivity index is 1.14. The van der Waals surface area contributed by atoms with Crippen molar-refractivity contribution in [2.24, 2.45) is 0 Å². The number of rotatable bonds is 6. The molecule has 0 atom stereocenters. The molecule has 2 aliphatic rings. The van der Waals surface area contributed by atoms with E-state index in [9.17, 15) is 0 Å². The number of anilines is 3. The van der Waals surface area contributed by atoms with E-state index in [-0.39, 0.29) is 5.41 Å². The smallest absolute Gasteiger partial charge is 0.0733 e. The Labute approximate surface area is 322 Å². The molecule has 0 saturated carbocycles. The van der Waals surface area contributed by atoms with Crippen LogP contribution in [0.5, 0.6) is 0 Å². The highest BCUT2D eigenvalue weighted by Gasteiger charge is 2.47. The van der Waals surface area contributed by atoms with Gasteiger partial charge in [0.05, 0.1) is 11.1 Å². The first-order chi connectivity index (χ1) is 26.5. The van der Waals surface area contributed by atoms with E-state index in [4.69, 9.17) is 0 Å². The van der Waals surface area contributed by atoms with Crippen LogP contribution in [0.4, 0.5) is 17.1 Å². The summed E-state index contributed by atoms with van der Waals surface area (Å²) in [6.07, 6.45) is 0. The zero-order valence-corrected chi connectivity index (χ0v) is 31.2. The minimum Gasteiger partial charge on any atom is -0.310 e. The van der Waals surface area contributed by atoms with Gasteiger partial charge < -0.3 is 4.90 Å². The fourth-order valence-corrected chi connectivity index (χ4v) is 10.5. The Morgan fingerprint density at radius 3 is 1.57 bits per heavy atom.